The van der Waals surface area contributed by atoms with Crippen molar-refractivity contribution in [1.82, 2.24) is 31.3 Å². The molecule has 4 aliphatic rings. The van der Waals surface area contributed by atoms with E-state index in [0.29, 0.717) is 13.2 Å². The Hall–Kier alpha value is -1.24. The zero-order chi connectivity index (χ0) is 19.1. The van der Waals surface area contributed by atoms with Crippen LogP contribution in [0.15, 0.2) is 4.99 Å². The summed E-state index contributed by atoms with van der Waals surface area (Å²) in [7, 11) is 1.94. The van der Waals surface area contributed by atoms with Crippen molar-refractivity contribution in [2.75, 3.05) is 39.9 Å². The molecular weight excluding hydrogens is 358 g/mol. The van der Waals surface area contributed by atoms with E-state index < -0.39 is 30.5 Å². The van der Waals surface area contributed by atoms with Gasteiger partial charge in [0.2, 0.25) is 5.91 Å². The molecule has 4 aliphatic heterocycles. The largest absolute Gasteiger partial charge is 0.347 e. The van der Waals surface area contributed by atoms with Crippen LogP contribution in [0.2, 0.25) is 0 Å². The van der Waals surface area contributed by atoms with Crippen molar-refractivity contribution in [2.24, 2.45) is 22.6 Å². The van der Waals surface area contributed by atoms with Crippen molar-refractivity contribution < 1.29 is 13.6 Å². The highest BCUT2D eigenvalue weighted by atomic mass is 19.1. The third kappa shape index (κ3) is 3.59. The van der Waals surface area contributed by atoms with Crippen molar-refractivity contribution in [3.63, 3.8) is 0 Å². The van der Waals surface area contributed by atoms with E-state index in [0.717, 1.165) is 0 Å². The van der Waals surface area contributed by atoms with Gasteiger partial charge in [-0.1, -0.05) is 0 Å². The van der Waals surface area contributed by atoms with E-state index in [9.17, 15) is 13.6 Å². The summed E-state index contributed by atoms with van der Waals surface area (Å²) in [6.07, 6.45) is -1.52. The number of likely N-dealkylation sites (N-methyl/N-ethyl adjacent to an activating group) is 1. The number of hydrogen-bond acceptors (Lipinski definition) is 8. The predicted molar refractivity (Wildman–Crippen MR) is 96.1 cm³/mol. The number of nitrogens with one attached hydrogen (secondary N) is 4. The van der Waals surface area contributed by atoms with E-state index in [1.54, 1.807) is 11.2 Å². The van der Waals surface area contributed by atoms with Gasteiger partial charge < -0.3 is 16.4 Å². The number of hydrazine groups is 1. The number of carbonyl (C=O) groups excluding carboxylic acids is 1. The number of halogens is 2. The lowest BCUT2D eigenvalue weighted by molar-refractivity contribution is -0.127. The van der Waals surface area contributed by atoms with Gasteiger partial charge >= 0.3 is 0 Å². The molecule has 8 atom stereocenters. The lowest BCUT2D eigenvalue weighted by Gasteiger charge is -2.38. The van der Waals surface area contributed by atoms with Crippen LogP contribution in [-0.2, 0) is 4.79 Å². The number of alkyl halides is 2. The maximum atomic E-state index is 14.7. The van der Waals surface area contributed by atoms with E-state index in [-0.39, 0.29) is 43.7 Å². The fourth-order valence-corrected chi connectivity index (χ4v) is 4.67. The average molecular weight is 386 g/mol. The summed E-state index contributed by atoms with van der Waals surface area (Å²) in [5.41, 5.74) is 9.05. The van der Waals surface area contributed by atoms with Crippen molar-refractivity contribution in [3.8, 4) is 0 Å². The molecule has 0 spiro atoms. The number of rotatable bonds is 3. The number of aliphatic imine (C=N–C) groups is 1. The number of fused-ring (bicyclic) bond motifs is 1. The third-order valence-electron chi connectivity index (χ3n) is 6.04. The number of amides is 1. The Kier molecular flexibility index (Phi) is 5.41. The van der Waals surface area contributed by atoms with E-state index in [2.05, 4.69) is 31.3 Å². The number of nitrogens with zero attached hydrogens (tertiary/aromatic N) is 3. The highest BCUT2D eigenvalue weighted by Gasteiger charge is 2.48. The molecule has 8 unspecified atom stereocenters. The number of nitrogens with two attached hydrogens (primary N) is 1. The summed E-state index contributed by atoms with van der Waals surface area (Å²) in [5.74, 6) is -1.27. The molecule has 4 rings (SSSR count). The van der Waals surface area contributed by atoms with Gasteiger partial charge in [-0.25, -0.2) is 19.2 Å². The summed E-state index contributed by atoms with van der Waals surface area (Å²) < 4.78 is 28.3. The maximum absolute atomic E-state index is 14.7. The van der Waals surface area contributed by atoms with Crippen LogP contribution in [0.4, 0.5) is 8.78 Å². The second-order valence-corrected chi connectivity index (χ2v) is 7.86. The van der Waals surface area contributed by atoms with Gasteiger partial charge in [-0.05, 0) is 7.05 Å². The van der Waals surface area contributed by atoms with Gasteiger partial charge in [-0.3, -0.25) is 20.0 Å². The molecule has 1 amide bonds. The minimum atomic E-state index is -1.13. The van der Waals surface area contributed by atoms with Crippen LogP contribution < -0.4 is 27.1 Å². The first-order valence-electron chi connectivity index (χ1n) is 9.47. The van der Waals surface area contributed by atoms with Crippen LogP contribution in [0, 0.1) is 11.8 Å². The Bertz CT molecular complexity index is 595. The third-order valence-corrected chi connectivity index (χ3v) is 6.04. The standard InChI is InChI=1S/C16H28F2N8O/c1-25-7-21-5-11(25)12-9(18)3-20-4-10(12)23-16(27)13-14(19)24-26-6-8(17)2-22-15(13)26/h4,8-15,21-22,24H,2-3,5-7,19H2,1H3,(H,23,27). The highest BCUT2D eigenvalue weighted by Crippen LogP contribution is 2.27. The Morgan fingerprint density at radius 2 is 2.19 bits per heavy atom. The van der Waals surface area contributed by atoms with E-state index >= 15 is 0 Å². The zero-order valence-corrected chi connectivity index (χ0v) is 15.3. The molecule has 6 N–H and O–H groups in total. The molecule has 0 radical (unpaired) electrons. The molecule has 4 heterocycles. The zero-order valence-electron chi connectivity index (χ0n) is 15.3. The molecular formula is C16H28F2N8O. The summed E-state index contributed by atoms with van der Waals surface area (Å²) in [6.45, 7) is 1.82. The maximum Gasteiger partial charge on any atom is 0.229 e. The van der Waals surface area contributed by atoms with Crippen LogP contribution in [-0.4, -0.2) is 98.7 Å². The summed E-state index contributed by atoms with van der Waals surface area (Å²) >= 11 is 0. The topological polar surface area (TPSA) is 110 Å². The first-order chi connectivity index (χ1) is 13.0. The van der Waals surface area contributed by atoms with Crippen molar-refractivity contribution in [2.45, 2.75) is 36.8 Å². The van der Waals surface area contributed by atoms with Crippen LogP contribution in [0.1, 0.15) is 0 Å². The molecule has 9 nitrogen and oxygen atoms in total. The summed E-state index contributed by atoms with van der Waals surface area (Å²) in [5, 5.41) is 10.9. The Morgan fingerprint density at radius 1 is 1.37 bits per heavy atom. The van der Waals surface area contributed by atoms with E-state index in [1.807, 2.05) is 7.05 Å². The lowest BCUT2D eigenvalue weighted by Crippen LogP contribution is -2.61. The van der Waals surface area contributed by atoms with Crippen LogP contribution in [0.25, 0.3) is 0 Å². The first kappa shape index (κ1) is 19.1. The van der Waals surface area contributed by atoms with Gasteiger partial charge in [-0.15, -0.1) is 0 Å². The molecule has 11 heteroatoms. The minimum absolute atomic E-state index is 0.0240. The van der Waals surface area contributed by atoms with Crippen molar-refractivity contribution in [3.05, 3.63) is 0 Å². The summed E-state index contributed by atoms with van der Waals surface area (Å²) in [6, 6.07) is -0.531. The van der Waals surface area contributed by atoms with Crippen molar-refractivity contribution >= 4 is 12.1 Å². The molecule has 3 saturated heterocycles. The molecule has 27 heavy (non-hydrogen) atoms. The monoisotopic (exact) mass is 386 g/mol. The fraction of sp³-hybridized carbons (Fsp3) is 0.875. The van der Waals surface area contributed by atoms with Gasteiger partial charge in [0.15, 0.2) is 0 Å². The normalized spacial score (nSPS) is 45.8. The van der Waals surface area contributed by atoms with Gasteiger partial charge in [-0.2, -0.15) is 0 Å². The van der Waals surface area contributed by atoms with Crippen molar-refractivity contribution in [1.29, 1.82) is 0 Å². The molecule has 152 valence electrons. The Balaban J connectivity index is 1.47. The van der Waals surface area contributed by atoms with E-state index in [1.165, 1.54) is 0 Å². The predicted octanol–water partition coefficient (Wildman–Crippen LogP) is -2.64. The Labute approximate surface area is 157 Å². The Morgan fingerprint density at radius 3 is 2.93 bits per heavy atom. The summed E-state index contributed by atoms with van der Waals surface area (Å²) in [4.78, 5) is 19.2. The SMILES string of the molecule is CN1CNCC1C1C(F)CN=CC1NC(=O)C1C(N)NN2CC(F)CNC12. The van der Waals surface area contributed by atoms with Crippen LogP contribution in [0.3, 0.4) is 0 Å². The van der Waals surface area contributed by atoms with Gasteiger partial charge in [0, 0.05) is 44.5 Å². The van der Waals surface area contributed by atoms with Gasteiger partial charge in [0.05, 0.1) is 30.8 Å². The molecule has 0 aromatic rings. The fourth-order valence-electron chi connectivity index (χ4n) is 4.67. The van der Waals surface area contributed by atoms with Crippen LogP contribution >= 0.6 is 0 Å². The minimum Gasteiger partial charge on any atom is -0.347 e. The molecule has 0 bridgehead atoms. The van der Waals surface area contributed by atoms with Crippen LogP contribution in [0.5, 0.6) is 0 Å². The average Bonchev–Trinajstić information content (AvgIpc) is 3.17. The highest BCUT2D eigenvalue weighted by molar-refractivity contribution is 5.84. The number of carbonyl (C=O) groups is 1. The molecule has 0 saturated carbocycles. The smallest absolute Gasteiger partial charge is 0.229 e. The molecule has 0 aliphatic carbocycles. The second-order valence-electron chi connectivity index (χ2n) is 7.86. The second kappa shape index (κ2) is 7.64. The van der Waals surface area contributed by atoms with Gasteiger partial charge in [0.25, 0.3) is 0 Å². The first-order valence-corrected chi connectivity index (χ1v) is 9.47. The quantitative estimate of drug-likeness (QED) is 0.361. The van der Waals surface area contributed by atoms with Gasteiger partial charge in [0.1, 0.15) is 12.3 Å². The van der Waals surface area contributed by atoms with E-state index in [4.69, 9.17) is 5.73 Å². The molecule has 3 fully saturated rings. The molecule has 0 aromatic carbocycles. The lowest BCUT2D eigenvalue weighted by atomic mass is 9.85. The molecule has 0 aromatic heterocycles. The number of hydrogen-bond donors (Lipinski definition) is 5.